The molecule has 0 radical (unpaired) electrons. The van der Waals surface area contributed by atoms with E-state index >= 15 is 0 Å². The molecule has 0 atom stereocenters. The Balaban J connectivity index is 1.54. The first kappa shape index (κ1) is 20.6. The molecule has 0 fully saturated rings. The Morgan fingerprint density at radius 2 is 1.77 bits per heavy atom. The fourth-order valence-electron chi connectivity index (χ4n) is 4.03. The summed E-state index contributed by atoms with van der Waals surface area (Å²) in [7, 11) is 3.04. The zero-order chi connectivity index (χ0) is 22.1. The van der Waals surface area contributed by atoms with E-state index < -0.39 is 5.69 Å². The molecule has 2 aromatic carbocycles. The third-order valence-corrected chi connectivity index (χ3v) is 5.68. The highest BCUT2D eigenvalue weighted by molar-refractivity contribution is 6.03. The number of nitrogens with zero attached hydrogens (tertiary/aromatic N) is 5. The lowest BCUT2D eigenvalue weighted by atomic mass is 10.1. The monoisotopic (exact) mass is 419 g/mol. The predicted molar refractivity (Wildman–Crippen MR) is 121 cm³/mol. The number of aromatic nitrogens is 4. The average molecular weight is 419 g/mol. The number of benzene rings is 2. The molecule has 2 heterocycles. The van der Waals surface area contributed by atoms with Crippen molar-refractivity contribution < 1.29 is 4.79 Å². The van der Waals surface area contributed by atoms with Gasteiger partial charge in [-0.1, -0.05) is 36.4 Å². The number of fused-ring (bicyclic) bond motifs is 2. The second-order valence-corrected chi connectivity index (χ2v) is 7.56. The van der Waals surface area contributed by atoms with Crippen molar-refractivity contribution in [2.75, 3.05) is 11.4 Å². The molecule has 0 aliphatic carbocycles. The Morgan fingerprint density at radius 1 is 1.03 bits per heavy atom. The van der Waals surface area contributed by atoms with Crippen molar-refractivity contribution >= 4 is 33.5 Å². The van der Waals surface area contributed by atoms with Crippen LogP contribution in [0.25, 0.3) is 21.9 Å². The van der Waals surface area contributed by atoms with Gasteiger partial charge in [0.15, 0.2) is 11.2 Å². The van der Waals surface area contributed by atoms with Crippen LogP contribution < -0.4 is 16.1 Å². The van der Waals surface area contributed by atoms with Gasteiger partial charge in [-0.15, -0.1) is 0 Å². The van der Waals surface area contributed by atoms with Crippen LogP contribution in [0.3, 0.4) is 0 Å². The van der Waals surface area contributed by atoms with Gasteiger partial charge in [-0.2, -0.15) is 0 Å². The Bertz CT molecular complexity index is 1390. The van der Waals surface area contributed by atoms with Gasteiger partial charge in [0.05, 0.1) is 12.0 Å². The molecule has 0 aliphatic rings. The zero-order valence-corrected chi connectivity index (χ0v) is 17.9. The summed E-state index contributed by atoms with van der Waals surface area (Å²) in [5.41, 5.74) is 0.839. The number of aryl methyl sites for hydroxylation is 2. The van der Waals surface area contributed by atoms with Crippen LogP contribution in [0, 0.1) is 0 Å². The maximum atomic E-state index is 13.0. The number of imidazole rings is 1. The Hall–Kier alpha value is -3.68. The van der Waals surface area contributed by atoms with Gasteiger partial charge in [0.2, 0.25) is 5.91 Å². The number of hydrogen-bond donors (Lipinski definition) is 0. The van der Waals surface area contributed by atoms with E-state index in [-0.39, 0.29) is 11.5 Å². The molecule has 0 spiro atoms. The standard InChI is InChI=1S/C23H25N5O3/c1-4-28(18-12-7-10-16-9-5-6-11-17(16)18)19(29)13-8-14-27-15-24-21-20(27)22(30)26(3)23(31)25(21)2/h5-7,9-12,15H,4,8,13-14H2,1-3H3. The van der Waals surface area contributed by atoms with E-state index in [9.17, 15) is 14.4 Å². The quantitative estimate of drug-likeness (QED) is 0.481. The van der Waals surface area contributed by atoms with E-state index in [4.69, 9.17) is 0 Å². The van der Waals surface area contributed by atoms with E-state index in [2.05, 4.69) is 4.98 Å². The van der Waals surface area contributed by atoms with Crippen molar-refractivity contribution in [1.82, 2.24) is 18.7 Å². The van der Waals surface area contributed by atoms with E-state index in [1.807, 2.05) is 49.4 Å². The number of rotatable bonds is 6. The van der Waals surface area contributed by atoms with Crippen LogP contribution in [0.2, 0.25) is 0 Å². The fourth-order valence-corrected chi connectivity index (χ4v) is 4.03. The number of carbonyl (C=O) groups excluding carboxylic acids is 1. The molecule has 4 aromatic rings. The Morgan fingerprint density at radius 3 is 2.55 bits per heavy atom. The van der Waals surface area contributed by atoms with Crippen LogP contribution in [-0.2, 0) is 25.4 Å². The number of amides is 1. The zero-order valence-electron chi connectivity index (χ0n) is 17.9. The highest BCUT2D eigenvalue weighted by Crippen LogP contribution is 2.27. The maximum absolute atomic E-state index is 13.0. The highest BCUT2D eigenvalue weighted by Gasteiger charge is 2.17. The van der Waals surface area contributed by atoms with E-state index in [1.165, 1.54) is 11.6 Å². The van der Waals surface area contributed by atoms with Crippen LogP contribution in [0.4, 0.5) is 5.69 Å². The average Bonchev–Trinajstić information content (AvgIpc) is 3.21. The van der Waals surface area contributed by atoms with E-state index in [1.54, 1.807) is 22.8 Å². The van der Waals surface area contributed by atoms with Crippen molar-refractivity contribution in [3.05, 3.63) is 69.6 Å². The van der Waals surface area contributed by atoms with Crippen molar-refractivity contribution in [1.29, 1.82) is 0 Å². The van der Waals surface area contributed by atoms with Crippen LogP contribution in [0.1, 0.15) is 19.8 Å². The summed E-state index contributed by atoms with van der Waals surface area (Å²) in [6.07, 6.45) is 2.44. The molecule has 0 saturated carbocycles. The number of carbonyl (C=O) groups is 1. The molecule has 0 unspecified atom stereocenters. The van der Waals surface area contributed by atoms with Gasteiger partial charge in [-0.25, -0.2) is 9.78 Å². The summed E-state index contributed by atoms with van der Waals surface area (Å²) in [6, 6.07) is 14.0. The normalized spacial score (nSPS) is 11.3. The topological polar surface area (TPSA) is 82.1 Å². The van der Waals surface area contributed by atoms with E-state index in [0.29, 0.717) is 37.1 Å². The minimum Gasteiger partial charge on any atom is -0.325 e. The first-order valence-electron chi connectivity index (χ1n) is 10.3. The lowest BCUT2D eigenvalue weighted by Gasteiger charge is -2.23. The minimum atomic E-state index is -0.411. The molecule has 0 bridgehead atoms. The van der Waals surface area contributed by atoms with Crippen molar-refractivity contribution in [3.8, 4) is 0 Å². The summed E-state index contributed by atoms with van der Waals surface area (Å²) in [5.74, 6) is 0.0311. The molecule has 31 heavy (non-hydrogen) atoms. The molecule has 8 heteroatoms. The second kappa shape index (κ2) is 8.22. The van der Waals surface area contributed by atoms with Crippen molar-refractivity contribution in [2.24, 2.45) is 14.1 Å². The molecule has 0 saturated heterocycles. The third-order valence-electron chi connectivity index (χ3n) is 5.68. The molecular formula is C23H25N5O3. The van der Waals surface area contributed by atoms with Gasteiger partial charge in [-0.3, -0.25) is 18.7 Å². The van der Waals surface area contributed by atoms with Gasteiger partial charge >= 0.3 is 5.69 Å². The van der Waals surface area contributed by atoms with Crippen LogP contribution in [0.5, 0.6) is 0 Å². The second-order valence-electron chi connectivity index (χ2n) is 7.56. The van der Waals surface area contributed by atoms with Crippen LogP contribution in [-0.4, -0.2) is 31.1 Å². The maximum Gasteiger partial charge on any atom is 0.332 e. The lowest BCUT2D eigenvalue weighted by molar-refractivity contribution is -0.118. The van der Waals surface area contributed by atoms with Gasteiger partial charge in [-0.05, 0) is 24.8 Å². The summed E-state index contributed by atoms with van der Waals surface area (Å²) < 4.78 is 4.15. The van der Waals surface area contributed by atoms with E-state index in [0.717, 1.165) is 21.0 Å². The SMILES string of the molecule is CCN(C(=O)CCCn1cnc2c1c(=O)n(C)c(=O)n2C)c1cccc2ccccc12. The largest absolute Gasteiger partial charge is 0.332 e. The molecule has 4 rings (SSSR count). The number of hydrogen-bond acceptors (Lipinski definition) is 4. The summed E-state index contributed by atoms with van der Waals surface area (Å²) in [6.45, 7) is 3.00. The van der Waals surface area contributed by atoms with Crippen LogP contribution >= 0.6 is 0 Å². The molecule has 1 amide bonds. The van der Waals surface area contributed by atoms with Gasteiger partial charge in [0.1, 0.15) is 0 Å². The Labute approximate surface area is 179 Å². The fraction of sp³-hybridized carbons (Fsp3) is 0.304. The molecule has 8 nitrogen and oxygen atoms in total. The molecule has 0 N–H and O–H groups in total. The predicted octanol–water partition coefficient (Wildman–Crippen LogP) is 2.42. The smallest absolute Gasteiger partial charge is 0.325 e. The minimum absolute atomic E-state index is 0.0311. The molecule has 2 aromatic heterocycles. The molecule has 0 aliphatic heterocycles. The van der Waals surface area contributed by atoms with Crippen LogP contribution in [0.15, 0.2) is 58.4 Å². The summed E-state index contributed by atoms with van der Waals surface area (Å²) in [4.78, 5) is 43.7. The highest BCUT2D eigenvalue weighted by atomic mass is 16.2. The molecule has 160 valence electrons. The Kier molecular flexibility index (Phi) is 5.46. The number of anilines is 1. The van der Waals surface area contributed by atoms with Gasteiger partial charge < -0.3 is 9.47 Å². The first-order valence-corrected chi connectivity index (χ1v) is 10.3. The van der Waals surface area contributed by atoms with Crippen molar-refractivity contribution in [2.45, 2.75) is 26.3 Å². The summed E-state index contributed by atoms with van der Waals surface area (Å²) in [5, 5.41) is 2.14. The van der Waals surface area contributed by atoms with Gasteiger partial charge in [0.25, 0.3) is 5.56 Å². The molecular weight excluding hydrogens is 394 g/mol. The summed E-state index contributed by atoms with van der Waals surface area (Å²) >= 11 is 0. The van der Waals surface area contributed by atoms with Gasteiger partial charge in [0, 0.05) is 39.0 Å². The first-order chi connectivity index (χ1) is 14.9. The third kappa shape index (κ3) is 3.54. The lowest BCUT2D eigenvalue weighted by Crippen LogP contribution is -2.37. The van der Waals surface area contributed by atoms with Crippen molar-refractivity contribution in [3.63, 3.8) is 0 Å².